The number of hydrogen-bond donors (Lipinski definition) is 1. The zero-order valence-electron chi connectivity index (χ0n) is 8.99. The molecule has 15 heavy (non-hydrogen) atoms. The van der Waals surface area contributed by atoms with Crippen molar-refractivity contribution in [3.8, 4) is 11.1 Å². The van der Waals surface area contributed by atoms with Crippen molar-refractivity contribution in [3.63, 3.8) is 0 Å². The molecule has 0 amide bonds. The molecule has 76 valence electrons. The van der Waals surface area contributed by atoms with Crippen LogP contribution in [0.15, 0.2) is 36.5 Å². The van der Waals surface area contributed by atoms with Gasteiger partial charge in [-0.3, -0.25) is 0 Å². The van der Waals surface area contributed by atoms with Crippen molar-refractivity contribution in [3.05, 3.63) is 47.7 Å². The quantitative estimate of drug-likeness (QED) is 0.765. The molecule has 1 heterocycles. The van der Waals surface area contributed by atoms with E-state index in [1.807, 2.05) is 19.1 Å². The lowest BCUT2D eigenvalue weighted by Crippen LogP contribution is -1.95. The van der Waals surface area contributed by atoms with Gasteiger partial charge in [0.05, 0.1) is 0 Å². The summed E-state index contributed by atoms with van der Waals surface area (Å²) in [5.41, 5.74) is 10.4. The molecular formula is C13H14N2. The van der Waals surface area contributed by atoms with Gasteiger partial charge in [0.15, 0.2) is 0 Å². The zero-order chi connectivity index (χ0) is 10.8. The number of pyridine rings is 1. The molecule has 0 aliphatic heterocycles. The monoisotopic (exact) mass is 198 g/mol. The number of benzene rings is 1. The van der Waals surface area contributed by atoms with Crippen LogP contribution < -0.4 is 5.73 Å². The molecule has 1 aromatic carbocycles. The van der Waals surface area contributed by atoms with E-state index in [4.69, 9.17) is 5.73 Å². The third kappa shape index (κ3) is 1.84. The minimum absolute atomic E-state index is 0.592. The summed E-state index contributed by atoms with van der Waals surface area (Å²) in [7, 11) is 0. The third-order valence-corrected chi connectivity index (χ3v) is 2.49. The molecule has 2 nitrogen and oxygen atoms in total. The number of nitrogen functional groups attached to an aromatic ring is 1. The summed E-state index contributed by atoms with van der Waals surface area (Å²) in [6.07, 6.45) is 1.79. The van der Waals surface area contributed by atoms with E-state index in [9.17, 15) is 0 Å². The molecule has 0 bridgehead atoms. The molecule has 0 spiro atoms. The summed E-state index contributed by atoms with van der Waals surface area (Å²) in [5.74, 6) is 0.592. The summed E-state index contributed by atoms with van der Waals surface area (Å²) < 4.78 is 0. The summed E-state index contributed by atoms with van der Waals surface area (Å²) in [6, 6.07) is 10.3. The highest BCUT2D eigenvalue weighted by atomic mass is 14.8. The Morgan fingerprint density at radius 3 is 2.53 bits per heavy atom. The van der Waals surface area contributed by atoms with Crippen LogP contribution in [0, 0.1) is 13.8 Å². The van der Waals surface area contributed by atoms with Gasteiger partial charge < -0.3 is 5.73 Å². The van der Waals surface area contributed by atoms with Gasteiger partial charge in [-0.1, -0.05) is 24.3 Å². The lowest BCUT2D eigenvalue weighted by Gasteiger charge is -2.08. The first-order valence-electron chi connectivity index (χ1n) is 4.96. The highest BCUT2D eigenvalue weighted by Crippen LogP contribution is 2.27. The fourth-order valence-electron chi connectivity index (χ4n) is 1.67. The molecule has 0 aliphatic rings. The molecule has 2 aromatic rings. The Morgan fingerprint density at radius 2 is 1.80 bits per heavy atom. The van der Waals surface area contributed by atoms with E-state index in [1.165, 1.54) is 5.56 Å². The van der Waals surface area contributed by atoms with E-state index < -0.39 is 0 Å². The first kappa shape index (κ1) is 9.71. The Morgan fingerprint density at radius 1 is 1.07 bits per heavy atom. The van der Waals surface area contributed by atoms with Crippen molar-refractivity contribution < 1.29 is 0 Å². The van der Waals surface area contributed by atoms with E-state index in [1.54, 1.807) is 6.20 Å². The van der Waals surface area contributed by atoms with Crippen LogP contribution in [0.1, 0.15) is 11.1 Å². The van der Waals surface area contributed by atoms with Gasteiger partial charge in [-0.15, -0.1) is 0 Å². The predicted molar refractivity (Wildman–Crippen MR) is 63.6 cm³/mol. The molecule has 0 fully saturated rings. The fourth-order valence-corrected chi connectivity index (χ4v) is 1.67. The normalized spacial score (nSPS) is 10.3. The molecule has 0 atom stereocenters. The minimum Gasteiger partial charge on any atom is -0.383 e. The molecule has 2 rings (SSSR count). The number of nitrogens with zero attached hydrogens (tertiary/aromatic N) is 1. The minimum atomic E-state index is 0.592. The summed E-state index contributed by atoms with van der Waals surface area (Å²) in [6.45, 7) is 4.10. The van der Waals surface area contributed by atoms with Crippen LogP contribution in [0.25, 0.3) is 11.1 Å². The third-order valence-electron chi connectivity index (χ3n) is 2.49. The summed E-state index contributed by atoms with van der Waals surface area (Å²) >= 11 is 0. The van der Waals surface area contributed by atoms with Crippen LogP contribution in [0.2, 0.25) is 0 Å². The van der Waals surface area contributed by atoms with Crippen molar-refractivity contribution in [2.75, 3.05) is 5.73 Å². The van der Waals surface area contributed by atoms with Gasteiger partial charge in [-0.05, 0) is 36.6 Å². The Balaban J connectivity index is 2.64. The molecule has 2 N–H and O–H groups in total. The molecule has 1 aromatic heterocycles. The number of aromatic nitrogens is 1. The van der Waals surface area contributed by atoms with Crippen LogP contribution in [0.4, 0.5) is 5.82 Å². The molecule has 2 heteroatoms. The topological polar surface area (TPSA) is 38.9 Å². The largest absolute Gasteiger partial charge is 0.383 e. The lowest BCUT2D eigenvalue weighted by atomic mass is 10.0. The van der Waals surface area contributed by atoms with Gasteiger partial charge in [0, 0.05) is 11.8 Å². The predicted octanol–water partition coefficient (Wildman–Crippen LogP) is 2.95. The van der Waals surface area contributed by atoms with Gasteiger partial charge in [0.1, 0.15) is 5.82 Å². The van der Waals surface area contributed by atoms with E-state index in [0.29, 0.717) is 5.82 Å². The van der Waals surface area contributed by atoms with Gasteiger partial charge in [0.2, 0.25) is 0 Å². The van der Waals surface area contributed by atoms with E-state index in [0.717, 1.165) is 16.7 Å². The number of aryl methyl sites for hydroxylation is 2. The Labute approximate surface area is 89.8 Å². The molecular weight excluding hydrogens is 184 g/mol. The van der Waals surface area contributed by atoms with Crippen LogP contribution in [0.3, 0.4) is 0 Å². The van der Waals surface area contributed by atoms with Crippen molar-refractivity contribution >= 4 is 5.82 Å². The van der Waals surface area contributed by atoms with Gasteiger partial charge >= 0.3 is 0 Å². The summed E-state index contributed by atoms with van der Waals surface area (Å²) in [5, 5.41) is 0. The van der Waals surface area contributed by atoms with E-state index in [-0.39, 0.29) is 0 Å². The second kappa shape index (κ2) is 3.73. The van der Waals surface area contributed by atoms with Gasteiger partial charge in [-0.2, -0.15) is 0 Å². The van der Waals surface area contributed by atoms with Gasteiger partial charge in [-0.25, -0.2) is 4.98 Å². The van der Waals surface area contributed by atoms with Crippen molar-refractivity contribution in [2.24, 2.45) is 0 Å². The Kier molecular flexibility index (Phi) is 2.42. The Hall–Kier alpha value is -1.83. The second-order valence-corrected chi connectivity index (χ2v) is 3.76. The molecule has 0 saturated carbocycles. The standard InChI is InChI=1S/C13H14N2/c1-9-7-12(13(14)15-8-9)11-6-4-3-5-10(11)2/h3-8H,1-2H3,(H2,14,15). The average molecular weight is 198 g/mol. The molecule has 0 unspecified atom stereocenters. The lowest BCUT2D eigenvalue weighted by molar-refractivity contribution is 1.27. The SMILES string of the molecule is Cc1cnc(N)c(-c2ccccc2C)c1. The number of nitrogens with two attached hydrogens (primary N) is 1. The maximum absolute atomic E-state index is 5.88. The molecule has 0 saturated heterocycles. The zero-order valence-corrected chi connectivity index (χ0v) is 8.99. The maximum atomic E-state index is 5.88. The Bertz CT molecular complexity index is 490. The van der Waals surface area contributed by atoms with Crippen LogP contribution in [-0.4, -0.2) is 4.98 Å². The first-order valence-corrected chi connectivity index (χ1v) is 4.96. The first-order chi connectivity index (χ1) is 7.18. The number of hydrogen-bond acceptors (Lipinski definition) is 2. The maximum Gasteiger partial charge on any atom is 0.131 e. The molecule has 0 aliphatic carbocycles. The van der Waals surface area contributed by atoms with Crippen LogP contribution in [0.5, 0.6) is 0 Å². The van der Waals surface area contributed by atoms with Crippen molar-refractivity contribution in [2.45, 2.75) is 13.8 Å². The smallest absolute Gasteiger partial charge is 0.131 e. The number of anilines is 1. The van der Waals surface area contributed by atoms with Gasteiger partial charge in [0.25, 0.3) is 0 Å². The van der Waals surface area contributed by atoms with Crippen LogP contribution in [-0.2, 0) is 0 Å². The average Bonchev–Trinajstić information content (AvgIpc) is 2.23. The second-order valence-electron chi connectivity index (χ2n) is 3.76. The summed E-state index contributed by atoms with van der Waals surface area (Å²) in [4.78, 5) is 4.17. The highest BCUT2D eigenvalue weighted by Gasteiger charge is 2.05. The molecule has 0 radical (unpaired) electrons. The van der Waals surface area contributed by atoms with E-state index in [2.05, 4.69) is 30.1 Å². The number of rotatable bonds is 1. The highest BCUT2D eigenvalue weighted by molar-refractivity contribution is 5.76. The fraction of sp³-hybridized carbons (Fsp3) is 0.154. The van der Waals surface area contributed by atoms with Crippen molar-refractivity contribution in [1.82, 2.24) is 4.98 Å². The van der Waals surface area contributed by atoms with Crippen molar-refractivity contribution in [1.29, 1.82) is 0 Å². The van der Waals surface area contributed by atoms with Crippen LogP contribution >= 0.6 is 0 Å². The van der Waals surface area contributed by atoms with E-state index >= 15 is 0 Å².